The van der Waals surface area contributed by atoms with Crippen LogP contribution in [0.25, 0.3) is 10.2 Å². The number of aromatic nitrogens is 1. The van der Waals surface area contributed by atoms with Crippen LogP contribution in [0.1, 0.15) is 28.3 Å². The smallest absolute Gasteiger partial charge is 0.261 e. The fourth-order valence-corrected chi connectivity index (χ4v) is 5.52. The fraction of sp³-hybridized carbons (Fsp3) is 0.130. The summed E-state index contributed by atoms with van der Waals surface area (Å²) in [5.41, 5.74) is 1.51. The standard InChI is InChI=1S/C23H20ClN3O3S2/c1-15(22-25-20-11-3-4-12-21(20)31-22)27(2)23(28)16-7-5-10-19(13-16)32(29,30)26-18-9-6-8-17(24)14-18/h3-15,26H,1-2H3. The molecule has 1 atom stereocenters. The zero-order valence-electron chi connectivity index (χ0n) is 17.3. The lowest BCUT2D eigenvalue weighted by atomic mass is 10.2. The van der Waals surface area contributed by atoms with Gasteiger partial charge in [-0.1, -0.05) is 35.9 Å². The van der Waals surface area contributed by atoms with Gasteiger partial charge < -0.3 is 4.90 Å². The number of carbonyl (C=O) groups excluding carboxylic acids is 1. The zero-order chi connectivity index (χ0) is 22.9. The van der Waals surface area contributed by atoms with E-state index in [1.165, 1.54) is 29.5 Å². The van der Waals surface area contributed by atoms with E-state index in [2.05, 4.69) is 9.71 Å². The van der Waals surface area contributed by atoms with Crippen molar-refractivity contribution in [3.63, 3.8) is 0 Å². The van der Waals surface area contributed by atoms with Crippen molar-refractivity contribution in [2.75, 3.05) is 11.8 Å². The molecule has 0 saturated heterocycles. The summed E-state index contributed by atoms with van der Waals surface area (Å²) < 4.78 is 29.2. The second kappa shape index (κ2) is 8.90. The highest BCUT2D eigenvalue weighted by Crippen LogP contribution is 2.30. The molecule has 0 aliphatic heterocycles. The molecule has 1 amide bonds. The highest BCUT2D eigenvalue weighted by Gasteiger charge is 2.23. The summed E-state index contributed by atoms with van der Waals surface area (Å²) in [6.45, 7) is 1.90. The Morgan fingerprint density at radius 3 is 2.56 bits per heavy atom. The minimum Gasteiger partial charge on any atom is -0.333 e. The number of nitrogens with one attached hydrogen (secondary N) is 1. The predicted molar refractivity (Wildman–Crippen MR) is 129 cm³/mol. The van der Waals surface area contributed by atoms with E-state index in [-0.39, 0.29) is 22.4 Å². The van der Waals surface area contributed by atoms with Crippen LogP contribution in [0.3, 0.4) is 0 Å². The monoisotopic (exact) mass is 485 g/mol. The van der Waals surface area contributed by atoms with Crippen molar-refractivity contribution in [1.29, 1.82) is 0 Å². The molecule has 0 bridgehead atoms. The molecule has 3 aromatic carbocycles. The Kier molecular flexibility index (Phi) is 6.19. The van der Waals surface area contributed by atoms with Crippen molar-refractivity contribution in [3.05, 3.63) is 88.4 Å². The van der Waals surface area contributed by atoms with Crippen LogP contribution >= 0.6 is 22.9 Å². The molecule has 6 nitrogen and oxygen atoms in total. The van der Waals surface area contributed by atoms with Gasteiger partial charge in [0, 0.05) is 17.6 Å². The molecule has 0 radical (unpaired) electrons. The van der Waals surface area contributed by atoms with Gasteiger partial charge in [0.05, 0.1) is 26.8 Å². The maximum atomic E-state index is 13.1. The first-order valence-electron chi connectivity index (χ1n) is 9.76. The summed E-state index contributed by atoms with van der Waals surface area (Å²) in [7, 11) is -2.21. The topological polar surface area (TPSA) is 79.4 Å². The van der Waals surface area contributed by atoms with Crippen LogP contribution in [0.2, 0.25) is 5.02 Å². The minimum absolute atomic E-state index is 0.00985. The number of nitrogens with zero attached hydrogens (tertiary/aromatic N) is 2. The summed E-state index contributed by atoms with van der Waals surface area (Å²) in [4.78, 5) is 19.3. The largest absolute Gasteiger partial charge is 0.333 e. The number of halogens is 1. The van der Waals surface area contributed by atoms with Crippen molar-refractivity contribution in [2.24, 2.45) is 0 Å². The van der Waals surface area contributed by atoms with E-state index in [1.54, 1.807) is 42.3 Å². The molecular formula is C23H20ClN3O3S2. The van der Waals surface area contributed by atoms with E-state index in [0.29, 0.717) is 10.7 Å². The van der Waals surface area contributed by atoms with Gasteiger partial charge in [0.1, 0.15) is 5.01 Å². The van der Waals surface area contributed by atoms with E-state index in [0.717, 1.165) is 15.2 Å². The lowest BCUT2D eigenvalue weighted by molar-refractivity contribution is 0.0742. The molecule has 4 aromatic rings. The highest BCUT2D eigenvalue weighted by molar-refractivity contribution is 7.92. The number of benzene rings is 3. The van der Waals surface area contributed by atoms with Crippen LogP contribution in [0, 0.1) is 0 Å². The van der Waals surface area contributed by atoms with Gasteiger partial charge in [0.15, 0.2) is 0 Å². The summed E-state index contributed by atoms with van der Waals surface area (Å²) in [5.74, 6) is -0.295. The maximum Gasteiger partial charge on any atom is 0.261 e. The van der Waals surface area contributed by atoms with Crippen LogP contribution in [0.15, 0.2) is 77.7 Å². The van der Waals surface area contributed by atoms with E-state index >= 15 is 0 Å². The molecule has 1 unspecified atom stereocenters. The molecule has 1 heterocycles. The molecule has 0 aliphatic rings. The Balaban J connectivity index is 1.57. The Morgan fingerprint density at radius 2 is 1.81 bits per heavy atom. The van der Waals surface area contributed by atoms with E-state index < -0.39 is 10.0 Å². The van der Waals surface area contributed by atoms with Gasteiger partial charge in [-0.05, 0) is 55.5 Å². The second-order valence-corrected chi connectivity index (χ2v) is 10.4. The van der Waals surface area contributed by atoms with Crippen molar-refractivity contribution in [2.45, 2.75) is 17.9 Å². The molecule has 0 saturated carbocycles. The lowest BCUT2D eigenvalue weighted by Crippen LogP contribution is -2.29. The van der Waals surface area contributed by atoms with Crippen LogP contribution in [-0.2, 0) is 10.0 Å². The number of hydrogen-bond donors (Lipinski definition) is 1. The molecule has 9 heteroatoms. The number of rotatable bonds is 6. The lowest BCUT2D eigenvalue weighted by Gasteiger charge is -2.23. The summed E-state index contributed by atoms with van der Waals surface area (Å²) in [5, 5.41) is 1.23. The Morgan fingerprint density at radius 1 is 1.06 bits per heavy atom. The van der Waals surface area contributed by atoms with Gasteiger partial charge in [-0.25, -0.2) is 13.4 Å². The van der Waals surface area contributed by atoms with Crippen LogP contribution in [-0.4, -0.2) is 31.3 Å². The third-order valence-corrected chi connectivity index (χ3v) is 7.86. The van der Waals surface area contributed by atoms with E-state index in [1.807, 2.05) is 31.2 Å². The Hall–Kier alpha value is -2.94. The molecule has 1 N–H and O–H groups in total. The number of fused-ring (bicyclic) bond motifs is 1. The van der Waals surface area contributed by atoms with Crippen molar-refractivity contribution in [1.82, 2.24) is 9.88 Å². The molecule has 0 fully saturated rings. The van der Waals surface area contributed by atoms with Crippen molar-refractivity contribution in [3.8, 4) is 0 Å². The fourth-order valence-electron chi connectivity index (χ4n) is 3.18. The Labute approximate surface area is 195 Å². The molecule has 164 valence electrons. The average molecular weight is 486 g/mol. The van der Waals surface area contributed by atoms with E-state index in [9.17, 15) is 13.2 Å². The van der Waals surface area contributed by atoms with Gasteiger partial charge in [-0.3, -0.25) is 9.52 Å². The van der Waals surface area contributed by atoms with Crippen molar-refractivity contribution < 1.29 is 13.2 Å². The number of thiazole rings is 1. The molecule has 1 aromatic heterocycles. The van der Waals surface area contributed by atoms with Gasteiger partial charge in [-0.15, -0.1) is 11.3 Å². The van der Waals surface area contributed by atoms with Crippen LogP contribution in [0.4, 0.5) is 5.69 Å². The maximum absolute atomic E-state index is 13.1. The first kappa shape index (κ1) is 22.3. The second-order valence-electron chi connectivity index (χ2n) is 7.26. The number of anilines is 1. The van der Waals surface area contributed by atoms with Gasteiger partial charge in [-0.2, -0.15) is 0 Å². The molecule has 4 rings (SSSR count). The minimum atomic E-state index is -3.89. The number of hydrogen-bond acceptors (Lipinski definition) is 5. The molecule has 32 heavy (non-hydrogen) atoms. The summed E-state index contributed by atoms with van der Waals surface area (Å²) in [6, 6.07) is 19.9. The number of carbonyl (C=O) groups is 1. The van der Waals surface area contributed by atoms with E-state index in [4.69, 9.17) is 11.6 Å². The normalized spacial score (nSPS) is 12.5. The Bertz CT molecular complexity index is 1370. The van der Waals surface area contributed by atoms with Crippen molar-refractivity contribution >= 4 is 54.8 Å². The van der Waals surface area contributed by atoms with Crippen LogP contribution in [0.5, 0.6) is 0 Å². The average Bonchev–Trinajstić information content (AvgIpc) is 3.22. The zero-order valence-corrected chi connectivity index (χ0v) is 19.7. The summed E-state index contributed by atoms with van der Waals surface area (Å²) >= 11 is 7.47. The first-order chi connectivity index (χ1) is 15.2. The van der Waals surface area contributed by atoms with Gasteiger partial charge >= 0.3 is 0 Å². The molecular weight excluding hydrogens is 466 g/mol. The molecule has 0 spiro atoms. The third-order valence-electron chi connectivity index (χ3n) is 5.04. The van der Waals surface area contributed by atoms with Gasteiger partial charge in [0.25, 0.3) is 15.9 Å². The SMILES string of the molecule is CC(c1nc2ccccc2s1)N(C)C(=O)c1cccc(S(=O)(=O)Nc2cccc(Cl)c2)c1. The van der Waals surface area contributed by atoms with Gasteiger partial charge in [0.2, 0.25) is 0 Å². The quantitative estimate of drug-likeness (QED) is 0.386. The number of amides is 1. The first-order valence-corrected chi connectivity index (χ1v) is 12.4. The third kappa shape index (κ3) is 4.62. The molecule has 0 aliphatic carbocycles. The number of para-hydroxylation sites is 1. The summed E-state index contributed by atoms with van der Waals surface area (Å²) in [6.07, 6.45) is 0. The predicted octanol–water partition coefficient (Wildman–Crippen LogP) is 5.58. The van der Waals surface area contributed by atoms with Crippen LogP contribution < -0.4 is 4.72 Å². The highest BCUT2D eigenvalue weighted by atomic mass is 35.5. The number of sulfonamides is 1.